The van der Waals surface area contributed by atoms with E-state index < -0.39 is 5.82 Å². The van der Waals surface area contributed by atoms with Crippen molar-refractivity contribution in [2.24, 2.45) is 0 Å². The highest BCUT2D eigenvalue weighted by Gasteiger charge is 2.13. The van der Waals surface area contributed by atoms with Crippen LogP contribution in [-0.2, 0) is 6.61 Å². The first-order valence-electron chi connectivity index (χ1n) is 5.14. The van der Waals surface area contributed by atoms with Gasteiger partial charge in [0, 0.05) is 23.5 Å². The van der Waals surface area contributed by atoms with Crippen LogP contribution in [0.15, 0.2) is 36.7 Å². The van der Waals surface area contributed by atoms with Crippen molar-refractivity contribution in [3.63, 3.8) is 0 Å². The molecule has 0 spiro atoms. The zero-order valence-electron chi connectivity index (χ0n) is 9.35. The Labute approximate surface area is 98.5 Å². The smallest absolute Gasteiger partial charge is 0.172 e. The lowest BCUT2D eigenvalue weighted by Gasteiger charge is -2.10. The van der Waals surface area contributed by atoms with Crippen LogP contribution in [0.1, 0.15) is 5.56 Å². The number of ether oxygens (including phenoxy) is 1. The number of aliphatic hydroxyl groups is 1. The minimum absolute atomic E-state index is 0.158. The van der Waals surface area contributed by atoms with Gasteiger partial charge in [0.25, 0.3) is 0 Å². The largest absolute Gasteiger partial charge is 0.494 e. The normalized spacial score (nSPS) is 10.3. The Bertz CT molecular complexity index is 529. The van der Waals surface area contributed by atoms with Crippen LogP contribution in [0.25, 0.3) is 11.1 Å². The second-order valence-electron chi connectivity index (χ2n) is 3.51. The summed E-state index contributed by atoms with van der Waals surface area (Å²) in [6, 6.07) is 6.54. The van der Waals surface area contributed by atoms with E-state index in [2.05, 4.69) is 4.98 Å². The Kier molecular flexibility index (Phi) is 3.35. The molecule has 0 radical (unpaired) electrons. The van der Waals surface area contributed by atoms with Gasteiger partial charge in [-0.2, -0.15) is 0 Å². The number of pyridine rings is 1. The number of methoxy groups -OCH3 is 1. The van der Waals surface area contributed by atoms with E-state index in [9.17, 15) is 9.50 Å². The first-order chi connectivity index (χ1) is 8.27. The van der Waals surface area contributed by atoms with Crippen LogP contribution < -0.4 is 4.74 Å². The van der Waals surface area contributed by atoms with Crippen molar-refractivity contribution < 1.29 is 14.2 Å². The Hall–Kier alpha value is -1.94. The monoisotopic (exact) mass is 233 g/mol. The summed E-state index contributed by atoms with van der Waals surface area (Å²) in [7, 11) is 1.42. The second-order valence-corrected chi connectivity index (χ2v) is 3.51. The highest BCUT2D eigenvalue weighted by atomic mass is 19.1. The molecule has 17 heavy (non-hydrogen) atoms. The summed E-state index contributed by atoms with van der Waals surface area (Å²) in [6.07, 6.45) is 3.09. The predicted octanol–water partition coefficient (Wildman–Crippen LogP) is 2.39. The van der Waals surface area contributed by atoms with Crippen LogP contribution in [0.3, 0.4) is 0 Å². The first-order valence-corrected chi connectivity index (χ1v) is 5.14. The lowest BCUT2D eigenvalue weighted by Crippen LogP contribution is -1.95. The fourth-order valence-electron chi connectivity index (χ4n) is 1.68. The summed E-state index contributed by atoms with van der Waals surface area (Å²) in [4.78, 5) is 3.95. The third kappa shape index (κ3) is 2.12. The lowest BCUT2D eigenvalue weighted by molar-refractivity contribution is 0.282. The standard InChI is InChI=1S/C13H12FNO2/c1-17-12-4-2-3-10(13(12)14)11-7-15-6-5-9(11)8-16/h2-7,16H,8H2,1H3. The highest BCUT2D eigenvalue weighted by Crippen LogP contribution is 2.30. The van der Waals surface area contributed by atoms with Crippen molar-refractivity contribution in [2.75, 3.05) is 7.11 Å². The van der Waals surface area contributed by atoms with Crippen molar-refractivity contribution in [3.05, 3.63) is 48.0 Å². The maximum Gasteiger partial charge on any atom is 0.172 e. The third-order valence-corrected chi connectivity index (χ3v) is 2.56. The molecule has 0 aliphatic heterocycles. The molecule has 1 heterocycles. The van der Waals surface area contributed by atoms with E-state index in [0.29, 0.717) is 16.7 Å². The number of rotatable bonds is 3. The molecule has 0 saturated carbocycles. The summed E-state index contributed by atoms with van der Waals surface area (Å²) >= 11 is 0. The topological polar surface area (TPSA) is 42.4 Å². The fourth-order valence-corrected chi connectivity index (χ4v) is 1.68. The molecule has 2 aromatic rings. The molecule has 0 bridgehead atoms. The molecule has 3 nitrogen and oxygen atoms in total. The van der Waals surface area contributed by atoms with Crippen molar-refractivity contribution in [1.29, 1.82) is 0 Å². The zero-order chi connectivity index (χ0) is 12.3. The van der Waals surface area contributed by atoms with Crippen molar-refractivity contribution in [3.8, 4) is 16.9 Å². The molecule has 0 amide bonds. The third-order valence-electron chi connectivity index (χ3n) is 2.56. The Morgan fingerprint density at radius 1 is 1.29 bits per heavy atom. The highest BCUT2D eigenvalue weighted by molar-refractivity contribution is 5.68. The maximum atomic E-state index is 14.0. The molecule has 0 atom stereocenters. The van der Waals surface area contributed by atoms with Crippen LogP contribution in [0.4, 0.5) is 4.39 Å². The van der Waals surface area contributed by atoms with E-state index in [1.165, 1.54) is 13.3 Å². The van der Waals surface area contributed by atoms with Gasteiger partial charge in [-0.15, -0.1) is 0 Å². The van der Waals surface area contributed by atoms with Gasteiger partial charge >= 0.3 is 0 Å². The number of halogens is 1. The van der Waals surface area contributed by atoms with Gasteiger partial charge in [0.05, 0.1) is 13.7 Å². The van der Waals surface area contributed by atoms with E-state index in [0.717, 1.165) is 0 Å². The van der Waals surface area contributed by atoms with Gasteiger partial charge in [-0.1, -0.05) is 12.1 Å². The number of benzene rings is 1. The molecular weight excluding hydrogens is 221 g/mol. The summed E-state index contributed by atoms with van der Waals surface area (Å²) < 4.78 is 19.0. The number of aromatic nitrogens is 1. The minimum Gasteiger partial charge on any atom is -0.494 e. The molecule has 1 N–H and O–H groups in total. The molecule has 1 aromatic heterocycles. The average molecular weight is 233 g/mol. The molecule has 0 saturated heterocycles. The molecule has 0 aliphatic carbocycles. The second kappa shape index (κ2) is 4.93. The van der Waals surface area contributed by atoms with Gasteiger partial charge in [0.2, 0.25) is 0 Å². The van der Waals surface area contributed by atoms with Crippen LogP contribution >= 0.6 is 0 Å². The van der Waals surface area contributed by atoms with Crippen molar-refractivity contribution in [2.45, 2.75) is 6.61 Å². The van der Waals surface area contributed by atoms with Crippen molar-refractivity contribution >= 4 is 0 Å². The lowest BCUT2D eigenvalue weighted by atomic mass is 10.0. The van der Waals surface area contributed by atoms with Crippen LogP contribution in [0, 0.1) is 5.82 Å². The number of hydrogen-bond donors (Lipinski definition) is 1. The molecule has 1 aromatic carbocycles. The molecule has 0 aliphatic rings. The Morgan fingerprint density at radius 3 is 2.82 bits per heavy atom. The van der Waals surface area contributed by atoms with Gasteiger partial charge in [-0.3, -0.25) is 4.98 Å². The van der Waals surface area contributed by atoms with E-state index in [4.69, 9.17) is 4.74 Å². The van der Waals surface area contributed by atoms with Gasteiger partial charge < -0.3 is 9.84 Å². The summed E-state index contributed by atoms with van der Waals surface area (Å²) in [5.74, 6) is -0.270. The van der Waals surface area contributed by atoms with Gasteiger partial charge in [-0.05, 0) is 17.7 Å². The zero-order valence-corrected chi connectivity index (χ0v) is 9.35. The summed E-state index contributed by atoms with van der Waals surface area (Å²) in [6.45, 7) is -0.158. The fraction of sp³-hybridized carbons (Fsp3) is 0.154. The quantitative estimate of drug-likeness (QED) is 0.885. The summed E-state index contributed by atoms with van der Waals surface area (Å²) in [5.41, 5.74) is 1.58. The summed E-state index contributed by atoms with van der Waals surface area (Å²) in [5, 5.41) is 9.22. The number of hydrogen-bond acceptors (Lipinski definition) is 3. The number of nitrogens with zero attached hydrogens (tertiary/aromatic N) is 1. The van der Waals surface area contributed by atoms with E-state index in [1.54, 1.807) is 30.5 Å². The predicted molar refractivity (Wildman–Crippen MR) is 62.1 cm³/mol. The Morgan fingerprint density at radius 2 is 2.12 bits per heavy atom. The van der Waals surface area contributed by atoms with Crippen LogP contribution in [0.5, 0.6) is 5.75 Å². The van der Waals surface area contributed by atoms with Crippen molar-refractivity contribution in [1.82, 2.24) is 4.98 Å². The number of aliphatic hydroxyl groups excluding tert-OH is 1. The van der Waals surface area contributed by atoms with E-state index in [-0.39, 0.29) is 12.4 Å². The molecule has 88 valence electrons. The van der Waals surface area contributed by atoms with E-state index in [1.807, 2.05) is 0 Å². The maximum absolute atomic E-state index is 14.0. The molecular formula is C13H12FNO2. The van der Waals surface area contributed by atoms with Crippen LogP contribution in [0.2, 0.25) is 0 Å². The average Bonchev–Trinajstić information content (AvgIpc) is 2.39. The van der Waals surface area contributed by atoms with Gasteiger partial charge in [0.15, 0.2) is 11.6 Å². The SMILES string of the molecule is COc1cccc(-c2cnccc2CO)c1F. The van der Waals surface area contributed by atoms with Crippen LogP contribution in [-0.4, -0.2) is 17.2 Å². The van der Waals surface area contributed by atoms with E-state index >= 15 is 0 Å². The molecule has 0 unspecified atom stereocenters. The van der Waals surface area contributed by atoms with Gasteiger partial charge in [-0.25, -0.2) is 4.39 Å². The molecule has 4 heteroatoms. The molecule has 2 rings (SSSR count). The van der Waals surface area contributed by atoms with Gasteiger partial charge in [0.1, 0.15) is 0 Å². The minimum atomic E-state index is -0.447. The molecule has 0 fully saturated rings. The Balaban J connectivity index is 2.60. The first kappa shape index (κ1) is 11.5.